The van der Waals surface area contributed by atoms with Crippen LogP contribution in [0.15, 0.2) is 146 Å². The van der Waals surface area contributed by atoms with Gasteiger partial charge in [0.15, 0.2) is 0 Å². The highest BCUT2D eigenvalue weighted by Crippen LogP contribution is 2.38. The Labute approximate surface area is 502 Å². The molecule has 0 fully saturated rings. The Morgan fingerprint density at radius 3 is 1.07 bits per heavy atom. The molecule has 0 atom stereocenters. The van der Waals surface area contributed by atoms with E-state index in [-0.39, 0.29) is 30.7 Å². The summed E-state index contributed by atoms with van der Waals surface area (Å²) in [6.45, 7) is 18.7. The fraction of sp³-hybridized carbons (Fsp3) is 0.292. The van der Waals surface area contributed by atoms with E-state index in [1.165, 1.54) is 27.9 Å². The van der Waals surface area contributed by atoms with E-state index >= 15 is 0 Å². The molecule has 0 saturated heterocycles. The topological polar surface area (TPSA) is 203 Å². The number of rotatable bonds is 21. The standard InChI is InChI=1S/C25H30N2O2.C24H28N2O2.C22H24N2O3.CH4/c1-5-7-22-24(20-9-6-8-17(2)16-20)23(25(26)28)18(3)27(22)15-14-19-10-12-21(29-4)13-11-19;1-5-21-23(19-8-6-7-16(2)15-19)22(24(25)27)17(3)26(21)14-13-18-9-11-20(28-4)12-10-18;1-3-19-21(16-5-4-6-18(26)13-16)20(22(23)27)14(2)24(19)12-11-15-7-9-17(25)10-8-15;/h6,8-13,16H,5,7,14-15H2,1-4H3,(H2,26,28);6-12,15H,5,13-14H2,1-4H3,(H2,25,27);4-10,13,25-26H,3,11-12H2,1-2H3,(H2,23,27);1H4. The van der Waals surface area contributed by atoms with Crippen LogP contribution < -0.4 is 26.7 Å². The summed E-state index contributed by atoms with van der Waals surface area (Å²) in [6.07, 6.45) is 5.98. The van der Waals surface area contributed by atoms with Gasteiger partial charge in [-0.15, -0.1) is 0 Å². The van der Waals surface area contributed by atoms with Gasteiger partial charge in [0.2, 0.25) is 0 Å². The van der Waals surface area contributed by atoms with Crippen LogP contribution in [0.5, 0.6) is 23.0 Å². The average molecular weight is 1150 g/mol. The Hall–Kier alpha value is -9.23. The normalized spacial score (nSPS) is 10.8. The number of hydrogen-bond acceptors (Lipinski definition) is 7. The summed E-state index contributed by atoms with van der Waals surface area (Å²) in [7, 11) is 3.34. The Morgan fingerprint density at radius 1 is 0.424 bits per heavy atom. The molecule has 0 aliphatic heterocycles. The number of primary amides is 3. The monoisotopic (exact) mass is 1150 g/mol. The average Bonchev–Trinajstić information content (AvgIpc) is 1.95. The molecule has 446 valence electrons. The summed E-state index contributed by atoms with van der Waals surface area (Å²) < 4.78 is 17.2. The maximum atomic E-state index is 12.4. The van der Waals surface area contributed by atoms with Gasteiger partial charge >= 0.3 is 0 Å². The SMILES string of the molecule is C.CCCc1c(-c2cccc(C)c2)c(C(N)=O)c(C)n1CCc1ccc(OC)cc1.CCc1c(-c2cccc(C)c2)c(C(N)=O)c(C)n1CCc1ccc(OC)cc1.CCc1c(-c2cccc(O)c2)c(C(N)=O)c(C)n1CCc1ccc(O)cc1. The predicted octanol–water partition coefficient (Wildman–Crippen LogP) is 14.2. The van der Waals surface area contributed by atoms with E-state index in [2.05, 4.69) is 102 Å². The quantitative estimate of drug-likeness (QED) is 0.0471. The molecular weight excluding hydrogens is 1060 g/mol. The van der Waals surface area contributed by atoms with Crippen LogP contribution in [0.4, 0.5) is 0 Å². The molecule has 0 spiro atoms. The molecule has 0 bridgehead atoms. The molecule has 3 amide bonds. The molecular formula is C72H86N6O7. The number of carbonyl (C=O) groups is 3. The zero-order valence-corrected chi connectivity index (χ0v) is 50.4. The highest BCUT2D eigenvalue weighted by molar-refractivity contribution is 6.04. The zero-order chi connectivity index (χ0) is 60.8. The van der Waals surface area contributed by atoms with Crippen LogP contribution in [0.2, 0.25) is 0 Å². The molecule has 6 aromatic carbocycles. The number of amides is 3. The van der Waals surface area contributed by atoms with E-state index < -0.39 is 5.91 Å². The van der Waals surface area contributed by atoms with Crippen LogP contribution in [0.1, 0.15) is 128 Å². The third-order valence-corrected chi connectivity index (χ3v) is 15.7. The van der Waals surface area contributed by atoms with E-state index in [1.807, 2.05) is 82.3 Å². The third-order valence-electron chi connectivity index (χ3n) is 15.7. The molecule has 9 rings (SSSR count). The molecule has 0 aliphatic carbocycles. The molecule has 13 heteroatoms. The molecule has 0 aliphatic rings. The lowest BCUT2D eigenvalue weighted by atomic mass is 9.97. The summed E-state index contributed by atoms with van der Waals surface area (Å²) in [4.78, 5) is 36.9. The molecule has 0 saturated carbocycles. The first-order chi connectivity index (χ1) is 40.3. The number of phenolic OH excluding ortho intramolecular Hbond substituents is 2. The van der Waals surface area contributed by atoms with Gasteiger partial charge < -0.3 is 50.6 Å². The smallest absolute Gasteiger partial charge is 0.251 e. The number of ether oxygens (including phenoxy) is 2. The summed E-state index contributed by atoms with van der Waals surface area (Å²) in [5.41, 5.74) is 36.8. The molecule has 9 aromatic rings. The first-order valence-electron chi connectivity index (χ1n) is 28.9. The minimum Gasteiger partial charge on any atom is -0.508 e. The fourth-order valence-electron chi connectivity index (χ4n) is 11.6. The van der Waals surface area contributed by atoms with Crippen molar-refractivity contribution < 1.29 is 34.1 Å². The van der Waals surface area contributed by atoms with Crippen LogP contribution in [0, 0.1) is 34.6 Å². The molecule has 8 N–H and O–H groups in total. The number of nitrogens with zero attached hydrogens (tertiary/aromatic N) is 3. The van der Waals surface area contributed by atoms with E-state index in [0.29, 0.717) is 23.2 Å². The molecule has 0 unspecified atom stereocenters. The maximum absolute atomic E-state index is 12.4. The van der Waals surface area contributed by atoms with Gasteiger partial charge in [0.05, 0.1) is 30.9 Å². The van der Waals surface area contributed by atoms with Crippen LogP contribution >= 0.6 is 0 Å². The van der Waals surface area contributed by atoms with Crippen molar-refractivity contribution in [1.29, 1.82) is 0 Å². The summed E-state index contributed by atoms with van der Waals surface area (Å²) in [6, 6.07) is 46.9. The van der Waals surface area contributed by atoms with Crippen molar-refractivity contribution in [2.24, 2.45) is 17.2 Å². The number of phenols is 2. The van der Waals surface area contributed by atoms with Crippen molar-refractivity contribution in [3.63, 3.8) is 0 Å². The van der Waals surface area contributed by atoms with Crippen LogP contribution in [-0.2, 0) is 58.2 Å². The lowest BCUT2D eigenvalue weighted by Crippen LogP contribution is -2.14. The number of aryl methyl sites for hydroxylation is 5. The van der Waals surface area contributed by atoms with Crippen LogP contribution in [0.3, 0.4) is 0 Å². The van der Waals surface area contributed by atoms with Gasteiger partial charge in [0.25, 0.3) is 17.7 Å². The van der Waals surface area contributed by atoms with Crippen LogP contribution in [0.25, 0.3) is 33.4 Å². The largest absolute Gasteiger partial charge is 0.508 e. The first-order valence-corrected chi connectivity index (χ1v) is 28.9. The third kappa shape index (κ3) is 15.3. The minimum atomic E-state index is -0.469. The van der Waals surface area contributed by atoms with Gasteiger partial charge in [-0.05, 0) is 155 Å². The van der Waals surface area contributed by atoms with Gasteiger partial charge in [-0.2, -0.15) is 0 Å². The highest BCUT2D eigenvalue weighted by Gasteiger charge is 2.27. The lowest BCUT2D eigenvalue weighted by Gasteiger charge is -2.13. The number of aromatic nitrogens is 3. The van der Waals surface area contributed by atoms with Crippen molar-refractivity contribution in [2.45, 2.75) is 127 Å². The van der Waals surface area contributed by atoms with Crippen molar-refractivity contribution in [3.8, 4) is 56.4 Å². The zero-order valence-electron chi connectivity index (χ0n) is 50.4. The van der Waals surface area contributed by atoms with Gasteiger partial charge in [-0.3, -0.25) is 14.4 Å². The van der Waals surface area contributed by atoms with E-state index in [0.717, 1.165) is 137 Å². The van der Waals surface area contributed by atoms with E-state index in [9.17, 15) is 24.6 Å². The Bertz CT molecular complexity index is 3730. The number of aromatic hydroxyl groups is 2. The van der Waals surface area contributed by atoms with Crippen molar-refractivity contribution in [3.05, 3.63) is 224 Å². The molecule has 3 heterocycles. The fourth-order valence-corrected chi connectivity index (χ4v) is 11.6. The van der Waals surface area contributed by atoms with Gasteiger partial charge in [0.1, 0.15) is 23.0 Å². The highest BCUT2D eigenvalue weighted by atomic mass is 16.5. The van der Waals surface area contributed by atoms with Crippen molar-refractivity contribution in [2.75, 3.05) is 14.2 Å². The molecule has 85 heavy (non-hydrogen) atoms. The number of hydrogen-bond donors (Lipinski definition) is 5. The lowest BCUT2D eigenvalue weighted by molar-refractivity contribution is 0.0991. The number of benzene rings is 6. The second-order valence-electron chi connectivity index (χ2n) is 21.3. The first kappa shape index (κ1) is 64.9. The molecule has 0 radical (unpaired) electrons. The second-order valence-corrected chi connectivity index (χ2v) is 21.3. The summed E-state index contributed by atoms with van der Waals surface area (Å²) in [5, 5.41) is 19.3. The maximum Gasteiger partial charge on any atom is 0.251 e. The number of nitrogens with two attached hydrogens (primary N) is 3. The number of carbonyl (C=O) groups excluding carboxylic acids is 3. The van der Waals surface area contributed by atoms with Gasteiger partial charge in [-0.25, -0.2) is 0 Å². The number of methoxy groups -OCH3 is 2. The summed E-state index contributed by atoms with van der Waals surface area (Å²) in [5.74, 6) is 0.908. The molecule has 13 nitrogen and oxygen atoms in total. The van der Waals surface area contributed by atoms with Crippen molar-refractivity contribution >= 4 is 17.7 Å². The van der Waals surface area contributed by atoms with E-state index in [4.69, 9.17) is 26.7 Å². The Kier molecular flexibility index (Phi) is 22.8. The van der Waals surface area contributed by atoms with Crippen LogP contribution in [-0.4, -0.2) is 55.9 Å². The second kappa shape index (κ2) is 29.8. The predicted molar refractivity (Wildman–Crippen MR) is 345 cm³/mol. The minimum absolute atomic E-state index is 0. The van der Waals surface area contributed by atoms with Gasteiger partial charge in [0, 0.05) is 70.5 Å². The Morgan fingerprint density at radius 2 is 0.753 bits per heavy atom. The molecule has 3 aromatic heterocycles. The summed E-state index contributed by atoms with van der Waals surface area (Å²) >= 11 is 0. The van der Waals surface area contributed by atoms with Crippen molar-refractivity contribution in [1.82, 2.24) is 13.7 Å². The Balaban J connectivity index is 0.000000203. The van der Waals surface area contributed by atoms with Gasteiger partial charge in [-0.1, -0.05) is 143 Å². The van der Waals surface area contributed by atoms with E-state index in [1.54, 1.807) is 44.6 Å².